The summed E-state index contributed by atoms with van der Waals surface area (Å²) in [7, 11) is 0. The number of anilines is 2. The summed E-state index contributed by atoms with van der Waals surface area (Å²) in [6.07, 6.45) is 2.89. The van der Waals surface area contributed by atoms with Crippen LogP contribution in [0, 0.1) is 11.3 Å². The van der Waals surface area contributed by atoms with Crippen LogP contribution in [0.1, 0.15) is 37.8 Å². The highest BCUT2D eigenvalue weighted by molar-refractivity contribution is 6.30. The van der Waals surface area contributed by atoms with E-state index in [-0.39, 0.29) is 30.1 Å². The molecule has 0 bridgehead atoms. The van der Waals surface area contributed by atoms with Crippen molar-refractivity contribution < 1.29 is 9.53 Å². The standard InChI is InChI=1S/C23H21ClN6O2.C2H6/c24-17-8-4-9-18(12-17)27-22-20(13-25)21(28-29-22)26-14-19-10-5-11-30(19)23(31)32-15-16-6-2-1-3-7-16;1-2/h1-4,6-9,12,14,19H,5,10-11,15H2,(H2,27,28,29);1-2H3. The van der Waals surface area contributed by atoms with Crippen molar-refractivity contribution in [2.75, 3.05) is 11.9 Å². The molecule has 2 heterocycles. The fourth-order valence-electron chi connectivity index (χ4n) is 3.47. The Hall–Kier alpha value is -3.83. The molecule has 1 amide bonds. The number of benzene rings is 2. The minimum atomic E-state index is -0.381. The van der Waals surface area contributed by atoms with E-state index in [0.29, 0.717) is 17.4 Å². The summed E-state index contributed by atoms with van der Waals surface area (Å²) in [5.41, 5.74) is 1.92. The number of amides is 1. The van der Waals surface area contributed by atoms with Crippen LogP contribution in [0.3, 0.4) is 0 Å². The molecule has 1 aliphatic rings. The summed E-state index contributed by atoms with van der Waals surface area (Å²) < 4.78 is 5.45. The number of likely N-dealkylation sites (tertiary alicyclic amines) is 1. The number of nitriles is 1. The number of ether oxygens (including phenoxy) is 1. The predicted octanol–water partition coefficient (Wildman–Crippen LogP) is 6.21. The number of aromatic amines is 1. The summed E-state index contributed by atoms with van der Waals surface area (Å²) in [5, 5.41) is 20.2. The molecule has 3 aromatic rings. The maximum absolute atomic E-state index is 12.5. The highest BCUT2D eigenvalue weighted by atomic mass is 35.5. The molecule has 0 radical (unpaired) electrons. The lowest BCUT2D eigenvalue weighted by molar-refractivity contribution is 0.0997. The molecule has 1 fully saturated rings. The number of carbonyl (C=O) groups excluding carboxylic acids is 1. The van der Waals surface area contributed by atoms with E-state index < -0.39 is 0 Å². The Bertz CT molecular complexity index is 1160. The number of aromatic nitrogens is 2. The molecule has 0 saturated carbocycles. The highest BCUT2D eigenvalue weighted by Gasteiger charge is 2.29. The van der Waals surface area contributed by atoms with E-state index in [1.165, 1.54) is 0 Å². The number of nitrogens with zero attached hydrogens (tertiary/aromatic N) is 4. The lowest BCUT2D eigenvalue weighted by Crippen LogP contribution is -2.36. The summed E-state index contributed by atoms with van der Waals surface area (Å²) in [4.78, 5) is 18.6. The van der Waals surface area contributed by atoms with Crippen LogP contribution in [0.15, 0.2) is 59.6 Å². The van der Waals surface area contributed by atoms with Gasteiger partial charge in [-0.3, -0.25) is 5.10 Å². The first-order valence-corrected chi connectivity index (χ1v) is 11.5. The molecule has 4 rings (SSSR count). The Balaban J connectivity index is 0.00000158. The Morgan fingerprint density at radius 1 is 1.32 bits per heavy atom. The summed E-state index contributed by atoms with van der Waals surface area (Å²) >= 11 is 6.01. The molecule has 1 saturated heterocycles. The Labute approximate surface area is 204 Å². The number of H-pyrrole nitrogens is 1. The first-order chi connectivity index (χ1) is 16.6. The van der Waals surface area contributed by atoms with E-state index in [0.717, 1.165) is 24.1 Å². The van der Waals surface area contributed by atoms with Crippen molar-refractivity contribution in [3.8, 4) is 6.07 Å². The van der Waals surface area contributed by atoms with Crippen LogP contribution in [0.5, 0.6) is 0 Å². The highest BCUT2D eigenvalue weighted by Crippen LogP contribution is 2.27. The molecule has 176 valence electrons. The smallest absolute Gasteiger partial charge is 0.410 e. The third kappa shape index (κ3) is 6.36. The van der Waals surface area contributed by atoms with Gasteiger partial charge in [0.25, 0.3) is 0 Å². The maximum atomic E-state index is 12.5. The van der Waals surface area contributed by atoms with E-state index >= 15 is 0 Å². The number of nitrogens with one attached hydrogen (secondary N) is 2. The van der Waals surface area contributed by atoms with E-state index in [9.17, 15) is 10.1 Å². The van der Waals surface area contributed by atoms with Crippen LogP contribution < -0.4 is 5.32 Å². The Kier molecular flexibility index (Phi) is 9.06. The van der Waals surface area contributed by atoms with Crippen molar-refractivity contribution in [3.05, 3.63) is 70.7 Å². The average Bonchev–Trinajstić information content (AvgIpc) is 3.49. The molecule has 1 aromatic heterocycles. The molecule has 2 N–H and O–H groups in total. The fraction of sp³-hybridized carbons (Fsp3) is 0.280. The number of rotatable bonds is 6. The molecule has 1 aliphatic heterocycles. The van der Waals surface area contributed by atoms with Gasteiger partial charge in [0.15, 0.2) is 5.82 Å². The van der Waals surface area contributed by atoms with E-state index in [1.807, 2.05) is 50.2 Å². The minimum absolute atomic E-state index is 0.217. The molecule has 2 aromatic carbocycles. The lowest BCUT2D eigenvalue weighted by Gasteiger charge is -2.21. The monoisotopic (exact) mass is 478 g/mol. The van der Waals surface area contributed by atoms with Gasteiger partial charge in [-0.1, -0.05) is 61.8 Å². The quantitative estimate of drug-likeness (QED) is 0.409. The Morgan fingerprint density at radius 3 is 2.85 bits per heavy atom. The van der Waals surface area contributed by atoms with Gasteiger partial charge in [0, 0.05) is 23.5 Å². The van der Waals surface area contributed by atoms with E-state index in [1.54, 1.807) is 29.3 Å². The second kappa shape index (κ2) is 12.4. The van der Waals surface area contributed by atoms with Gasteiger partial charge in [0.2, 0.25) is 0 Å². The number of aliphatic imine (C=N–C) groups is 1. The Morgan fingerprint density at radius 2 is 2.12 bits per heavy atom. The average molecular weight is 479 g/mol. The third-order valence-electron chi connectivity index (χ3n) is 5.06. The zero-order valence-electron chi connectivity index (χ0n) is 19.2. The van der Waals surface area contributed by atoms with E-state index in [2.05, 4.69) is 26.6 Å². The van der Waals surface area contributed by atoms with Crippen molar-refractivity contribution in [3.63, 3.8) is 0 Å². The van der Waals surface area contributed by atoms with Crippen LogP contribution in [0.2, 0.25) is 5.02 Å². The number of hydrogen-bond acceptors (Lipinski definition) is 6. The molecule has 1 atom stereocenters. The second-order valence-corrected chi connectivity index (χ2v) is 7.70. The largest absolute Gasteiger partial charge is 0.445 e. The summed E-state index contributed by atoms with van der Waals surface area (Å²) in [5.74, 6) is 0.675. The molecular formula is C25H27ClN6O2. The van der Waals surface area contributed by atoms with E-state index in [4.69, 9.17) is 16.3 Å². The summed E-state index contributed by atoms with van der Waals surface area (Å²) in [6.45, 7) is 4.81. The number of halogens is 1. The first-order valence-electron chi connectivity index (χ1n) is 11.2. The number of hydrogen-bond donors (Lipinski definition) is 2. The zero-order chi connectivity index (χ0) is 24.3. The SMILES string of the molecule is CC.N#Cc1c(N=CC2CCCN2C(=O)OCc2ccccc2)n[nH]c1Nc1cccc(Cl)c1. The van der Waals surface area contributed by atoms with Crippen LogP contribution >= 0.6 is 11.6 Å². The van der Waals surface area contributed by atoms with Crippen molar-refractivity contribution >= 4 is 41.2 Å². The van der Waals surface area contributed by atoms with Crippen LogP contribution in [-0.4, -0.2) is 40.0 Å². The minimum Gasteiger partial charge on any atom is -0.445 e. The molecule has 34 heavy (non-hydrogen) atoms. The van der Waals surface area contributed by atoms with Crippen LogP contribution in [-0.2, 0) is 11.3 Å². The molecule has 1 unspecified atom stereocenters. The maximum Gasteiger partial charge on any atom is 0.410 e. The van der Waals surface area contributed by atoms with Gasteiger partial charge in [-0.2, -0.15) is 10.4 Å². The molecule has 0 aliphatic carbocycles. The third-order valence-corrected chi connectivity index (χ3v) is 5.30. The van der Waals surface area contributed by atoms with Crippen molar-refractivity contribution in [1.82, 2.24) is 15.1 Å². The lowest BCUT2D eigenvalue weighted by atomic mass is 10.2. The van der Waals surface area contributed by atoms with Crippen molar-refractivity contribution in [1.29, 1.82) is 5.26 Å². The van der Waals surface area contributed by atoms with Gasteiger partial charge in [0.1, 0.15) is 24.1 Å². The molecule has 0 spiro atoms. The fourth-order valence-corrected chi connectivity index (χ4v) is 3.66. The molecule has 8 nitrogen and oxygen atoms in total. The van der Waals surface area contributed by atoms with Gasteiger partial charge in [-0.05, 0) is 36.6 Å². The van der Waals surface area contributed by atoms with Crippen molar-refractivity contribution in [2.45, 2.75) is 39.3 Å². The van der Waals surface area contributed by atoms with Gasteiger partial charge >= 0.3 is 6.09 Å². The van der Waals surface area contributed by atoms with Gasteiger partial charge < -0.3 is 15.0 Å². The zero-order valence-corrected chi connectivity index (χ0v) is 19.9. The predicted molar refractivity (Wildman–Crippen MR) is 134 cm³/mol. The normalized spacial score (nSPS) is 14.9. The first kappa shape index (κ1) is 24.8. The van der Waals surface area contributed by atoms with Crippen LogP contribution in [0.25, 0.3) is 0 Å². The summed E-state index contributed by atoms with van der Waals surface area (Å²) in [6, 6.07) is 18.6. The molecular weight excluding hydrogens is 452 g/mol. The van der Waals surface area contributed by atoms with Gasteiger partial charge in [-0.15, -0.1) is 0 Å². The number of carbonyl (C=O) groups is 1. The van der Waals surface area contributed by atoms with Gasteiger partial charge in [0.05, 0.1) is 6.04 Å². The van der Waals surface area contributed by atoms with Crippen LogP contribution in [0.4, 0.5) is 22.1 Å². The molecule has 9 heteroatoms. The second-order valence-electron chi connectivity index (χ2n) is 7.27. The topological polar surface area (TPSA) is 106 Å². The van der Waals surface area contributed by atoms with Gasteiger partial charge in [-0.25, -0.2) is 9.79 Å². The van der Waals surface area contributed by atoms with Crippen molar-refractivity contribution in [2.24, 2.45) is 4.99 Å².